The molecule has 0 aliphatic carbocycles. The van der Waals surface area contributed by atoms with E-state index in [1.54, 1.807) is 0 Å². The van der Waals surface area contributed by atoms with Crippen LogP contribution in [0.15, 0.2) is 0 Å². The van der Waals surface area contributed by atoms with E-state index in [2.05, 4.69) is 35.9 Å². The number of rotatable bonds is 8. The smallest absolute Gasteiger partial charge is 0.326 e. The Labute approximate surface area is 130 Å². The van der Waals surface area contributed by atoms with Crippen molar-refractivity contribution in [1.82, 2.24) is 15.1 Å². The van der Waals surface area contributed by atoms with E-state index in [0.29, 0.717) is 0 Å². The van der Waals surface area contributed by atoms with Crippen LogP contribution in [0.3, 0.4) is 0 Å². The molecule has 0 aromatic carbocycles. The number of nitrogens with zero attached hydrogens (tertiary/aromatic N) is 2. The van der Waals surface area contributed by atoms with Gasteiger partial charge in [-0.2, -0.15) is 0 Å². The van der Waals surface area contributed by atoms with Gasteiger partial charge in [0.1, 0.15) is 5.54 Å². The summed E-state index contributed by atoms with van der Waals surface area (Å²) in [6, 6.07) is 0. The first-order valence-corrected chi connectivity index (χ1v) is 8.40. The summed E-state index contributed by atoms with van der Waals surface area (Å²) in [6.07, 6.45) is 2.75. The van der Waals surface area contributed by atoms with Crippen molar-refractivity contribution in [3.63, 3.8) is 0 Å². The summed E-state index contributed by atoms with van der Waals surface area (Å²) >= 11 is 0. The van der Waals surface area contributed by atoms with Crippen molar-refractivity contribution in [2.45, 2.75) is 45.6 Å². The number of hydrogen-bond donors (Lipinski definition) is 1. The fraction of sp³-hybridized carbons (Fsp3) is 0.938. The first kappa shape index (κ1) is 18.4. The summed E-state index contributed by atoms with van der Waals surface area (Å²) in [5.74, 6) is -0.0972. The van der Waals surface area contributed by atoms with Gasteiger partial charge in [-0.1, -0.05) is 20.8 Å². The molecular formula is C16H33N3O2. The Hall–Kier alpha value is -0.650. The lowest BCUT2D eigenvalue weighted by Crippen LogP contribution is -2.55. The molecule has 1 saturated heterocycles. The van der Waals surface area contributed by atoms with Gasteiger partial charge in [0, 0.05) is 19.6 Å². The Bertz CT molecular complexity index is 308. The fourth-order valence-electron chi connectivity index (χ4n) is 3.15. The molecule has 1 unspecified atom stereocenters. The van der Waals surface area contributed by atoms with Gasteiger partial charge in [-0.3, -0.25) is 4.79 Å². The van der Waals surface area contributed by atoms with Crippen LogP contribution in [0.25, 0.3) is 0 Å². The standard InChI is InChI=1S/C16H33N3O2/c1-5-18(6-2)14-11-17-16(15(20)21-4)9-8-12-19(7-3)13-10-16/h17H,5-14H2,1-4H3. The Balaban J connectivity index is 2.64. The van der Waals surface area contributed by atoms with Crippen LogP contribution in [-0.2, 0) is 9.53 Å². The average Bonchev–Trinajstić information content (AvgIpc) is 2.74. The summed E-state index contributed by atoms with van der Waals surface area (Å²) in [7, 11) is 1.50. The van der Waals surface area contributed by atoms with Crippen LogP contribution in [0, 0.1) is 0 Å². The number of carbonyl (C=O) groups is 1. The minimum atomic E-state index is -0.494. The summed E-state index contributed by atoms with van der Waals surface area (Å²) < 4.78 is 5.09. The molecule has 1 N–H and O–H groups in total. The predicted molar refractivity (Wildman–Crippen MR) is 86.5 cm³/mol. The molecule has 5 nitrogen and oxygen atoms in total. The van der Waals surface area contributed by atoms with Gasteiger partial charge >= 0.3 is 5.97 Å². The lowest BCUT2D eigenvalue weighted by Gasteiger charge is -2.32. The molecule has 1 rings (SSSR count). The van der Waals surface area contributed by atoms with E-state index in [-0.39, 0.29) is 5.97 Å². The molecule has 0 saturated carbocycles. The maximum atomic E-state index is 12.3. The molecule has 1 atom stereocenters. The highest BCUT2D eigenvalue weighted by atomic mass is 16.5. The molecule has 0 amide bonds. The second kappa shape index (κ2) is 9.38. The van der Waals surface area contributed by atoms with E-state index in [4.69, 9.17) is 4.74 Å². The Morgan fingerprint density at radius 3 is 2.52 bits per heavy atom. The Kier molecular flexibility index (Phi) is 8.22. The molecule has 1 fully saturated rings. The zero-order valence-electron chi connectivity index (χ0n) is 14.3. The predicted octanol–water partition coefficient (Wildman–Crippen LogP) is 1.34. The van der Waals surface area contributed by atoms with E-state index < -0.39 is 5.54 Å². The number of likely N-dealkylation sites (tertiary alicyclic amines) is 1. The third-order valence-electron chi connectivity index (χ3n) is 4.74. The topological polar surface area (TPSA) is 44.8 Å². The van der Waals surface area contributed by atoms with Gasteiger partial charge in [0.15, 0.2) is 0 Å². The number of carbonyl (C=O) groups excluding carboxylic acids is 1. The zero-order chi connectivity index (χ0) is 15.7. The number of nitrogens with one attached hydrogen (secondary N) is 1. The van der Waals surface area contributed by atoms with Gasteiger partial charge in [0.2, 0.25) is 0 Å². The Morgan fingerprint density at radius 2 is 1.95 bits per heavy atom. The third-order valence-corrected chi connectivity index (χ3v) is 4.74. The highest BCUT2D eigenvalue weighted by Gasteiger charge is 2.40. The molecule has 0 bridgehead atoms. The highest BCUT2D eigenvalue weighted by molar-refractivity contribution is 5.80. The molecule has 0 aromatic rings. The van der Waals surface area contributed by atoms with E-state index >= 15 is 0 Å². The molecule has 1 aliphatic heterocycles. The molecule has 1 heterocycles. The number of hydrogen-bond acceptors (Lipinski definition) is 5. The fourth-order valence-corrected chi connectivity index (χ4v) is 3.15. The van der Waals surface area contributed by atoms with Crippen molar-refractivity contribution >= 4 is 5.97 Å². The number of esters is 1. The van der Waals surface area contributed by atoms with E-state index in [1.165, 1.54) is 7.11 Å². The maximum absolute atomic E-state index is 12.3. The third kappa shape index (κ3) is 5.24. The number of ether oxygens (including phenoxy) is 1. The van der Waals surface area contributed by atoms with Crippen LogP contribution in [0.1, 0.15) is 40.0 Å². The van der Waals surface area contributed by atoms with Crippen molar-refractivity contribution in [2.75, 3.05) is 52.9 Å². The minimum Gasteiger partial charge on any atom is -0.468 e. The molecular weight excluding hydrogens is 266 g/mol. The second-order valence-electron chi connectivity index (χ2n) is 5.82. The van der Waals surface area contributed by atoms with E-state index in [1.807, 2.05) is 0 Å². The van der Waals surface area contributed by atoms with Crippen molar-refractivity contribution in [3.8, 4) is 0 Å². The van der Waals surface area contributed by atoms with Gasteiger partial charge in [0.25, 0.3) is 0 Å². The average molecular weight is 299 g/mol. The largest absolute Gasteiger partial charge is 0.468 e. The number of likely N-dealkylation sites (N-methyl/N-ethyl adjacent to an activating group) is 1. The quantitative estimate of drug-likeness (QED) is 0.685. The van der Waals surface area contributed by atoms with E-state index in [9.17, 15) is 4.79 Å². The van der Waals surface area contributed by atoms with Crippen molar-refractivity contribution < 1.29 is 9.53 Å². The minimum absolute atomic E-state index is 0.0972. The van der Waals surface area contributed by atoms with Crippen molar-refractivity contribution in [2.24, 2.45) is 0 Å². The first-order valence-electron chi connectivity index (χ1n) is 8.40. The van der Waals surface area contributed by atoms with Crippen LogP contribution in [0.2, 0.25) is 0 Å². The Morgan fingerprint density at radius 1 is 1.24 bits per heavy atom. The van der Waals surface area contributed by atoms with Crippen LogP contribution < -0.4 is 5.32 Å². The lowest BCUT2D eigenvalue weighted by molar-refractivity contribution is -0.149. The lowest BCUT2D eigenvalue weighted by atomic mass is 9.90. The van der Waals surface area contributed by atoms with Gasteiger partial charge < -0.3 is 19.9 Å². The number of methoxy groups -OCH3 is 1. The monoisotopic (exact) mass is 299 g/mol. The summed E-state index contributed by atoms with van der Waals surface area (Å²) in [4.78, 5) is 17.1. The second-order valence-corrected chi connectivity index (χ2v) is 5.82. The summed E-state index contributed by atoms with van der Waals surface area (Å²) in [6.45, 7) is 13.5. The molecule has 0 spiro atoms. The van der Waals surface area contributed by atoms with Crippen molar-refractivity contribution in [3.05, 3.63) is 0 Å². The van der Waals surface area contributed by atoms with Crippen LogP contribution >= 0.6 is 0 Å². The SMILES string of the molecule is CCN(CC)CCNC1(C(=O)OC)CCCN(CC)CC1. The van der Waals surface area contributed by atoms with Crippen LogP contribution in [0.5, 0.6) is 0 Å². The van der Waals surface area contributed by atoms with Crippen LogP contribution in [-0.4, -0.2) is 74.2 Å². The molecule has 124 valence electrons. The zero-order valence-corrected chi connectivity index (χ0v) is 14.3. The molecule has 5 heteroatoms. The summed E-state index contributed by atoms with van der Waals surface area (Å²) in [5.41, 5.74) is -0.494. The highest BCUT2D eigenvalue weighted by Crippen LogP contribution is 2.24. The van der Waals surface area contributed by atoms with Gasteiger partial charge in [-0.25, -0.2) is 0 Å². The van der Waals surface area contributed by atoms with Crippen LogP contribution in [0.4, 0.5) is 0 Å². The molecule has 0 aromatic heterocycles. The van der Waals surface area contributed by atoms with Gasteiger partial charge in [0.05, 0.1) is 7.11 Å². The normalized spacial score (nSPS) is 24.0. The summed E-state index contributed by atoms with van der Waals surface area (Å²) in [5, 5.41) is 3.53. The van der Waals surface area contributed by atoms with Crippen molar-refractivity contribution in [1.29, 1.82) is 0 Å². The first-order chi connectivity index (χ1) is 10.1. The molecule has 1 aliphatic rings. The molecule has 21 heavy (non-hydrogen) atoms. The van der Waals surface area contributed by atoms with E-state index in [0.717, 1.165) is 65.1 Å². The maximum Gasteiger partial charge on any atom is 0.326 e. The molecule has 0 radical (unpaired) electrons. The van der Waals surface area contributed by atoms with Gasteiger partial charge in [-0.15, -0.1) is 0 Å². The van der Waals surface area contributed by atoms with Gasteiger partial charge in [-0.05, 0) is 45.4 Å².